The molecule has 0 bridgehead atoms. The normalized spacial score (nSPS) is 10.9. The van der Waals surface area contributed by atoms with Gasteiger partial charge in [-0.1, -0.05) is 26.7 Å². The number of unbranched alkanes of at least 4 members (excludes halogenated alkanes) is 1. The van der Waals surface area contributed by atoms with E-state index in [9.17, 15) is 0 Å². The van der Waals surface area contributed by atoms with Crippen LogP contribution in [0.4, 0.5) is 0 Å². The van der Waals surface area contributed by atoms with Crippen LogP contribution in [0.2, 0.25) is 0 Å². The lowest BCUT2D eigenvalue weighted by Crippen LogP contribution is -2.18. The van der Waals surface area contributed by atoms with Crippen molar-refractivity contribution >= 4 is 0 Å². The van der Waals surface area contributed by atoms with Crippen LogP contribution < -0.4 is 5.32 Å². The van der Waals surface area contributed by atoms with Crippen LogP contribution in [-0.4, -0.2) is 18.1 Å². The van der Waals surface area contributed by atoms with Crippen molar-refractivity contribution < 1.29 is 0 Å². The van der Waals surface area contributed by atoms with Gasteiger partial charge >= 0.3 is 0 Å². The van der Waals surface area contributed by atoms with Gasteiger partial charge in [0.05, 0.1) is 0 Å². The second-order valence-electron chi connectivity index (χ2n) is 4.75. The summed E-state index contributed by atoms with van der Waals surface area (Å²) in [7, 11) is 0. The Morgan fingerprint density at radius 2 is 1.88 bits per heavy atom. The van der Waals surface area contributed by atoms with Crippen LogP contribution in [0.25, 0.3) is 0 Å². The summed E-state index contributed by atoms with van der Waals surface area (Å²) in [5.74, 6) is 0.844. The molecule has 0 aliphatic carbocycles. The van der Waals surface area contributed by atoms with Gasteiger partial charge in [-0.05, 0) is 49.5 Å². The van der Waals surface area contributed by atoms with E-state index in [2.05, 4.69) is 36.3 Å². The summed E-state index contributed by atoms with van der Waals surface area (Å²) < 4.78 is 0. The van der Waals surface area contributed by atoms with E-state index >= 15 is 0 Å². The first kappa shape index (κ1) is 13.2. The van der Waals surface area contributed by atoms with Gasteiger partial charge in [-0.2, -0.15) is 0 Å². The molecule has 0 aliphatic rings. The van der Waals surface area contributed by atoms with Gasteiger partial charge in [0, 0.05) is 12.4 Å². The van der Waals surface area contributed by atoms with Crippen molar-refractivity contribution in [1.82, 2.24) is 10.3 Å². The molecule has 16 heavy (non-hydrogen) atoms. The van der Waals surface area contributed by atoms with Gasteiger partial charge in [0.2, 0.25) is 0 Å². The van der Waals surface area contributed by atoms with E-state index < -0.39 is 0 Å². The summed E-state index contributed by atoms with van der Waals surface area (Å²) >= 11 is 0. The molecular weight excluding hydrogens is 196 g/mol. The molecule has 1 aromatic heterocycles. The zero-order valence-electron chi connectivity index (χ0n) is 10.6. The molecule has 1 rings (SSSR count). The molecule has 0 atom stereocenters. The predicted octanol–water partition coefficient (Wildman–Crippen LogP) is 3.04. The van der Waals surface area contributed by atoms with E-state index in [4.69, 9.17) is 0 Å². The highest BCUT2D eigenvalue weighted by Gasteiger charge is 1.94. The molecule has 0 saturated heterocycles. The quantitative estimate of drug-likeness (QED) is 0.681. The fourth-order valence-corrected chi connectivity index (χ4v) is 1.71. The number of rotatable bonds is 8. The molecule has 0 aliphatic heterocycles. The van der Waals surface area contributed by atoms with Gasteiger partial charge in [0.25, 0.3) is 0 Å². The minimum absolute atomic E-state index is 0.844. The molecule has 90 valence electrons. The average Bonchev–Trinajstić information content (AvgIpc) is 2.29. The maximum absolute atomic E-state index is 4.01. The highest BCUT2D eigenvalue weighted by atomic mass is 14.8. The zero-order valence-corrected chi connectivity index (χ0v) is 10.6. The highest BCUT2D eigenvalue weighted by molar-refractivity contribution is 5.09. The third-order valence-electron chi connectivity index (χ3n) is 2.72. The van der Waals surface area contributed by atoms with Crippen LogP contribution in [0.3, 0.4) is 0 Å². The molecular formula is C14H24N2. The fraction of sp³-hybridized carbons (Fsp3) is 0.643. The predicted molar refractivity (Wildman–Crippen MR) is 69.5 cm³/mol. The van der Waals surface area contributed by atoms with Gasteiger partial charge in [-0.25, -0.2) is 0 Å². The summed E-state index contributed by atoms with van der Waals surface area (Å²) in [5.41, 5.74) is 1.37. The van der Waals surface area contributed by atoms with Gasteiger partial charge in [-0.3, -0.25) is 4.98 Å². The Hall–Kier alpha value is -0.890. The van der Waals surface area contributed by atoms with Crippen molar-refractivity contribution in [1.29, 1.82) is 0 Å². The molecule has 0 fully saturated rings. The Kier molecular flexibility index (Phi) is 6.82. The Bertz CT molecular complexity index is 257. The van der Waals surface area contributed by atoms with Crippen LogP contribution in [0, 0.1) is 5.92 Å². The zero-order chi connectivity index (χ0) is 11.6. The van der Waals surface area contributed by atoms with Crippen molar-refractivity contribution in [2.45, 2.75) is 39.5 Å². The summed E-state index contributed by atoms with van der Waals surface area (Å²) in [4.78, 5) is 4.01. The van der Waals surface area contributed by atoms with Crippen LogP contribution in [0.1, 0.15) is 38.7 Å². The number of hydrogen-bond acceptors (Lipinski definition) is 2. The van der Waals surface area contributed by atoms with E-state index in [1.54, 1.807) is 0 Å². The lowest BCUT2D eigenvalue weighted by atomic mass is 10.1. The molecule has 0 spiro atoms. The first-order valence-corrected chi connectivity index (χ1v) is 6.38. The van der Waals surface area contributed by atoms with Gasteiger partial charge in [0.1, 0.15) is 0 Å². The van der Waals surface area contributed by atoms with Crippen molar-refractivity contribution in [3.05, 3.63) is 30.1 Å². The van der Waals surface area contributed by atoms with Crippen molar-refractivity contribution in [2.75, 3.05) is 13.1 Å². The summed E-state index contributed by atoms with van der Waals surface area (Å²) in [6.45, 7) is 6.80. The van der Waals surface area contributed by atoms with Gasteiger partial charge in [0.15, 0.2) is 0 Å². The number of nitrogens with one attached hydrogen (secondary N) is 1. The van der Waals surface area contributed by atoms with Crippen molar-refractivity contribution in [3.8, 4) is 0 Å². The van der Waals surface area contributed by atoms with E-state index in [0.717, 1.165) is 25.4 Å². The Morgan fingerprint density at radius 3 is 2.56 bits per heavy atom. The second-order valence-corrected chi connectivity index (χ2v) is 4.75. The molecule has 2 nitrogen and oxygen atoms in total. The van der Waals surface area contributed by atoms with Crippen molar-refractivity contribution in [3.63, 3.8) is 0 Å². The monoisotopic (exact) mass is 220 g/mol. The molecule has 0 aromatic carbocycles. The Balaban J connectivity index is 1.93. The summed E-state index contributed by atoms with van der Waals surface area (Å²) in [5, 5.41) is 3.49. The van der Waals surface area contributed by atoms with E-state index in [0.29, 0.717) is 0 Å². The average molecular weight is 220 g/mol. The minimum Gasteiger partial charge on any atom is -0.316 e. The van der Waals surface area contributed by atoms with Crippen LogP contribution in [0.15, 0.2) is 24.5 Å². The highest BCUT2D eigenvalue weighted by Crippen LogP contribution is 2.05. The summed E-state index contributed by atoms with van der Waals surface area (Å²) in [6, 6.07) is 4.17. The van der Waals surface area contributed by atoms with E-state index in [-0.39, 0.29) is 0 Å². The van der Waals surface area contributed by atoms with Crippen LogP contribution in [-0.2, 0) is 6.42 Å². The number of nitrogens with zero attached hydrogens (tertiary/aromatic N) is 1. The largest absolute Gasteiger partial charge is 0.316 e. The maximum Gasteiger partial charge on any atom is 0.0270 e. The lowest BCUT2D eigenvalue weighted by Gasteiger charge is -2.06. The van der Waals surface area contributed by atoms with E-state index in [1.807, 2.05) is 12.4 Å². The molecule has 0 unspecified atom stereocenters. The van der Waals surface area contributed by atoms with Gasteiger partial charge < -0.3 is 5.32 Å². The second kappa shape index (κ2) is 8.28. The summed E-state index contributed by atoms with van der Waals surface area (Å²) in [6.07, 6.45) is 8.82. The lowest BCUT2D eigenvalue weighted by molar-refractivity contribution is 0.521. The Morgan fingerprint density at radius 1 is 1.12 bits per heavy atom. The fourth-order valence-electron chi connectivity index (χ4n) is 1.71. The number of aromatic nitrogens is 1. The first-order chi connectivity index (χ1) is 7.79. The third kappa shape index (κ3) is 6.57. The first-order valence-electron chi connectivity index (χ1n) is 6.38. The topological polar surface area (TPSA) is 24.9 Å². The SMILES string of the molecule is CC(C)CCCCNCCc1ccncc1. The molecule has 0 amide bonds. The smallest absolute Gasteiger partial charge is 0.0270 e. The van der Waals surface area contributed by atoms with E-state index in [1.165, 1.54) is 24.8 Å². The van der Waals surface area contributed by atoms with Crippen molar-refractivity contribution in [2.24, 2.45) is 5.92 Å². The number of pyridine rings is 1. The minimum atomic E-state index is 0.844. The molecule has 0 saturated carbocycles. The molecule has 1 heterocycles. The molecule has 0 radical (unpaired) electrons. The third-order valence-corrected chi connectivity index (χ3v) is 2.72. The van der Waals surface area contributed by atoms with Crippen LogP contribution >= 0.6 is 0 Å². The molecule has 2 heteroatoms. The maximum atomic E-state index is 4.01. The van der Waals surface area contributed by atoms with Crippen LogP contribution in [0.5, 0.6) is 0 Å². The number of hydrogen-bond donors (Lipinski definition) is 1. The molecule has 1 aromatic rings. The van der Waals surface area contributed by atoms with Gasteiger partial charge in [-0.15, -0.1) is 0 Å². The molecule has 1 N–H and O–H groups in total. The Labute approximate surface area is 99.5 Å². The standard InChI is InChI=1S/C14H24N2/c1-13(2)5-3-4-9-15-10-6-14-7-11-16-12-8-14/h7-8,11-13,15H,3-6,9-10H2,1-2H3.